The van der Waals surface area contributed by atoms with Crippen molar-refractivity contribution in [3.8, 4) is 9.88 Å². The highest BCUT2D eigenvalue weighted by molar-refractivity contribution is 7.23. The van der Waals surface area contributed by atoms with Crippen molar-refractivity contribution in [2.75, 3.05) is 0 Å². The van der Waals surface area contributed by atoms with E-state index in [1.807, 2.05) is 0 Å². The maximum Gasteiger partial charge on any atom is 0.324 e. The predicted octanol–water partition coefficient (Wildman–Crippen LogP) is 2.98. The minimum Gasteiger partial charge on any atom is -0.293 e. The van der Waals surface area contributed by atoms with Crippen LogP contribution >= 0.6 is 22.7 Å². The number of nitrogens with zero attached hydrogens (tertiary/aromatic N) is 2. The minimum absolute atomic E-state index is 0.0783. The monoisotopic (exact) mass is 254 g/mol. The lowest BCUT2D eigenvalue weighted by molar-refractivity contribution is -0.380. The third-order valence-corrected chi connectivity index (χ3v) is 3.90. The number of carbonyl (C=O) groups excluding carboxylic acids is 1. The fraction of sp³-hybridized carbons (Fsp3) is 0.111. The highest BCUT2D eigenvalue weighted by Gasteiger charge is 2.14. The van der Waals surface area contributed by atoms with Crippen molar-refractivity contribution >= 4 is 33.5 Å². The average molecular weight is 254 g/mol. The molecular formula is C9H6N2O3S2. The Morgan fingerprint density at radius 3 is 2.75 bits per heavy atom. The molecule has 0 amide bonds. The zero-order chi connectivity index (χ0) is 11.7. The van der Waals surface area contributed by atoms with Crippen LogP contribution < -0.4 is 0 Å². The Balaban J connectivity index is 2.35. The largest absolute Gasteiger partial charge is 0.324 e. The maximum atomic E-state index is 11.0. The standard InChI is InChI=1S/C9H6N2O3S2/c1-5(12)6-4-15-9(10-6)7-2-3-8(16-7)11(13)14/h2-4H,1H3. The molecule has 2 heterocycles. The minimum atomic E-state index is -0.437. The Hall–Kier alpha value is -1.60. The lowest BCUT2D eigenvalue weighted by Crippen LogP contribution is -1.90. The van der Waals surface area contributed by atoms with Gasteiger partial charge in [0.15, 0.2) is 5.78 Å². The van der Waals surface area contributed by atoms with Gasteiger partial charge < -0.3 is 0 Å². The summed E-state index contributed by atoms with van der Waals surface area (Å²) in [4.78, 5) is 25.9. The topological polar surface area (TPSA) is 73.1 Å². The Kier molecular flexibility index (Phi) is 2.80. The van der Waals surface area contributed by atoms with Gasteiger partial charge in [-0.25, -0.2) is 4.98 Å². The molecule has 0 N–H and O–H groups in total. The molecule has 0 unspecified atom stereocenters. The second-order valence-electron chi connectivity index (χ2n) is 2.99. The van der Waals surface area contributed by atoms with Crippen molar-refractivity contribution in [2.24, 2.45) is 0 Å². The summed E-state index contributed by atoms with van der Waals surface area (Å²) in [7, 11) is 0. The number of nitro groups is 1. The Bertz CT molecular complexity index is 508. The van der Waals surface area contributed by atoms with Crippen molar-refractivity contribution < 1.29 is 9.72 Å². The zero-order valence-electron chi connectivity index (χ0n) is 8.17. The number of thiazole rings is 1. The molecule has 2 aromatic heterocycles. The fourth-order valence-corrected chi connectivity index (χ4v) is 2.84. The molecule has 0 saturated heterocycles. The first-order valence-electron chi connectivity index (χ1n) is 4.29. The molecule has 82 valence electrons. The highest BCUT2D eigenvalue weighted by atomic mass is 32.1. The molecule has 0 atom stereocenters. The second-order valence-corrected chi connectivity index (χ2v) is 4.91. The molecule has 5 nitrogen and oxygen atoms in total. The van der Waals surface area contributed by atoms with Crippen LogP contribution in [0.5, 0.6) is 0 Å². The Morgan fingerprint density at radius 1 is 1.50 bits per heavy atom. The van der Waals surface area contributed by atoms with Crippen molar-refractivity contribution in [1.82, 2.24) is 4.98 Å². The first-order valence-corrected chi connectivity index (χ1v) is 5.98. The predicted molar refractivity (Wildman–Crippen MR) is 62.1 cm³/mol. The van der Waals surface area contributed by atoms with Gasteiger partial charge in [0.2, 0.25) is 0 Å². The number of Topliss-reactive ketones (excluding diaryl/α,β-unsaturated/α-hetero) is 1. The molecule has 0 aliphatic carbocycles. The number of aromatic nitrogens is 1. The molecule has 0 spiro atoms. The van der Waals surface area contributed by atoms with Crippen LogP contribution in [0.25, 0.3) is 9.88 Å². The third kappa shape index (κ3) is 2.00. The normalized spacial score (nSPS) is 10.3. The quantitative estimate of drug-likeness (QED) is 0.479. The van der Waals surface area contributed by atoms with E-state index in [1.54, 1.807) is 11.4 Å². The number of carbonyl (C=O) groups is 1. The van der Waals surface area contributed by atoms with Crippen LogP contribution in [0.3, 0.4) is 0 Å². The van der Waals surface area contributed by atoms with Gasteiger partial charge >= 0.3 is 5.00 Å². The lowest BCUT2D eigenvalue weighted by atomic mass is 10.3. The molecule has 0 bridgehead atoms. The summed E-state index contributed by atoms with van der Waals surface area (Å²) >= 11 is 2.37. The molecule has 0 fully saturated rings. The summed E-state index contributed by atoms with van der Waals surface area (Å²) < 4.78 is 0. The molecule has 2 rings (SSSR count). The van der Waals surface area contributed by atoms with Crippen molar-refractivity contribution in [1.29, 1.82) is 0 Å². The molecule has 0 saturated carbocycles. The van der Waals surface area contributed by atoms with Crippen LogP contribution in [0, 0.1) is 10.1 Å². The molecule has 7 heteroatoms. The smallest absolute Gasteiger partial charge is 0.293 e. The van der Waals surface area contributed by atoms with Gasteiger partial charge in [-0.15, -0.1) is 11.3 Å². The number of hydrogen-bond acceptors (Lipinski definition) is 6. The first-order chi connectivity index (χ1) is 7.58. The zero-order valence-corrected chi connectivity index (χ0v) is 9.80. The van der Waals surface area contributed by atoms with Crippen LogP contribution in [-0.2, 0) is 0 Å². The van der Waals surface area contributed by atoms with Crippen LogP contribution in [0.2, 0.25) is 0 Å². The van der Waals surface area contributed by atoms with Crippen LogP contribution in [0.1, 0.15) is 17.4 Å². The summed E-state index contributed by atoms with van der Waals surface area (Å²) in [6.45, 7) is 1.44. The van der Waals surface area contributed by atoms with Gasteiger partial charge in [-0.3, -0.25) is 14.9 Å². The van der Waals surface area contributed by atoms with Gasteiger partial charge in [-0.2, -0.15) is 0 Å². The van der Waals surface area contributed by atoms with E-state index in [9.17, 15) is 14.9 Å². The summed E-state index contributed by atoms with van der Waals surface area (Å²) in [5.74, 6) is -0.103. The highest BCUT2D eigenvalue weighted by Crippen LogP contribution is 2.34. The van der Waals surface area contributed by atoms with Crippen molar-refractivity contribution in [3.05, 3.63) is 33.3 Å². The number of thiophene rings is 1. The van der Waals surface area contributed by atoms with E-state index in [0.29, 0.717) is 15.6 Å². The molecular weight excluding hydrogens is 248 g/mol. The third-order valence-electron chi connectivity index (χ3n) is 1.85. The van der Waals surface area contributed by atoms with E-state index in [-0.39, 0.29) is 10.8 Å². The first kappa shape index (κ1) is 10.9. The van der Waals surface area contributed by atoms with E-state index >= 15 is 0 Å². The Labute approximate surface area is 98.5 Å². The summed E-state index contributed by atoms with van der Waals surface area (Å²) in [6, 6.07) is 3.08. The summed E-state index contributed by atoms with van der Waals surface area (Å²) in [5.41, 5.74) is 0.399. The van der Waals surface area contributed by atoms with E-state index < -0.39 is 4.92 Å². The summed E-state index contributed by atoms with van der Waals surface area (Å²) in [6.07, 6.45) is 0. The van der Waals surface area contributed by atoms with E-state index in [0.717, 1.165) is 11.3 Å². The molecule has 0 aliphatic heterocycles. The van der Waals surface area contributed by atoms with E-state index in [1.165, 1.54) is 24.3 Å². The number of ketones is 1. The summed E-state index contributed by atoms with van der Waals surface area (Å²) in [5, 5.41) is 12.9. The fourth-order valence-electron chi connectivity index (χ4n) is 1.09. The molecule has 16 heavy (non-hydrogen) atoms. The average Bonchev–Trinajstić information content (AvgIpc) is 2.86. The van der Waals surface area contributed by atoms with Gasteiger partial charge in [0.25, 0.3) is 0 Å². The molecule has 0 aliphatic rings. The van der Waals surface area contributed by atoms with E-state index in [4.69, 9.17) is 0 Å². The van der Waals surface area contributed by atoms with Crippen LogP contribution in [-0.4, -0.2) is 15.7 Å². The van der Waals surface area contributed by atoms with Crippen molar-refractivity contribution in [2.45, 2.75) is 6.92 Å². The van der Waals surface area contributed by atoms with Gasteiger partial charge in [0.05, 0.1) is 9.80 Å². The van der Waals surface area contributed by atoms with Gasteiger partial charge in [0.1, 0.15) is 10.7 Å². The maximum absolute atomic E-state index is 11.0. The van der Waals surface area contributed by atoms with E-state index in [2.05, 4.69) is 4.98 Å². The van der Waals surface area contributed by atoms with Gasteiger partial charge in [-0.1, -0.05) is 11.3 Å². The molecule has 2 aromatic rings. The van der Waals surface area contributed by atoms with Crippen LogP contribution in [0.15, 0.2) is 17.5 Å². The lowest BCUT2D eigenvalue weighted by Gasteiger charge is -1.86. The van der Waals surface area contributed by atoms with Gasteiger partial charge in [0, 0.05) is 18.4 Å². The Morgan fingerprint density at radius 2 is 2.25 bits per heavy atom. The number of hydrogen-bond donors (Lipinski definition) is 0. The van der Waals surface area contributed by atoms with Gasteiger partial charge in [-0.05, 0) is 6.07 Å². The SMILES string of the molecule is CC(=O)c1csc(-c2ccc([N+](=O)[O-])s2)n1. The number of rotatable bonds is 3. The molecule has 0 radical (unpaired) electrons. The van der Waals surface area contributed by atoms with Crippen LogP contribution in [0.4, 0.5) is 5.00 Å². The molecule has 0 aromatic carbocycles. The van der Waals surface area contributed by atoms with Crippen molar-refractivity contribution in [3.63, 3.8) is 0 Å². The second kappa shape index (κ2) is 4.11.